The second-order valence-corrected chi connectivity index (χ2v) is 5.91. The van der Waals surface area contributed by atoms with Gasteiger partial charge >= 0.3 is 6.18 Å². The van der Waals surface area contributed by atoms with E-state index in [1.807, 2.05) is 0 Å². The maximum absolute atomic E-state index is 13.6. The van der Waals surface area contributed by atoms with Crippen LogP contribution in [0.2, 0.25) is 0 Å². The summed E-state index contributed by atoms with van der Waals surface area (Å²) >= 11 is 0. The number of nitrogens with two attached hydrogens (primary N) is 1. The van der Waals surface area contributed by atoms with E-state index >= 15 is 0 Å². The van der Waals surface area contributed by atoms with Crippen molar-refractivity contribution >= 4 is 11.5 Å². The highest BCUT2D eigenvalue weighted by atomic mass is 19.4. The Morgan fingerprint density at radius 2 is 1.75 bits per heavy atom. The monoisotopic (exact) mass is 379 g/mol. The Labute approximate surface area is 157 Å². The number of halogens is 3. The molecule has 8 heteroatoms. The van der Waals surface area contributed by atoms with E-state index in [4.69, 9.17) is 5.73 Å². The Morgan fingerprint density at radius 3 is 2.43 bits per heavy atom. The van der Waals surface area contributed by atoms with Gasteiger partial charge in [-0.2, -0.15) is 18.3 Å². The van der Waals surface area contributed by atoms with E-state index in [2.05, 4.69) is 26.9 Å². The van der Waals surface area contributed by atoms with Crippen LogP contribution in [0.1, 0.15) is 16.8 Å². The predicted molar refractivity (Wildman–Crippen MR) is 98.1 cm³/mol. The third-order valence-corrected chi connectivity index (χ3v) is 3.96. The van der Waals surface area contributed by atoms with Gasteiger partial charge in [-0.15, -0.1) is 0 Å². The first kappa shape index (κ1) is 17.5. The van der Waals surface area contributed by atoms with Gasteiger partial charge in [0.15, 0.2) is 11.3 Å². The van der Waals surface area contributed by atoms with Crippen molar-refractivity contribution in [1.82, 2.24) is 19.6 Å². The summed E-state index contributed by atoms with van der Waals surface area (Å²) in [4.78, 5) is 8.30. The average Bonchev–Trinajstić information content (AvgIpc) is 3.09. The van der Waals surface area contributed by atoms with E-state index in [1.165, 1.54) is 12.4 Å². The van der Waals surface area contributed by atoms with E-state index in [0.717, 1.165) is 10.6 Å². The summed E-state index contributed by atoms with van der Waals surface area (Å²) in [5.41, 5.74) is 6.26. The smallest absolute Gasteiger partial charge is 0.384 e. The minimum Gasteiger partial charge on any atom is -0.384 e. The molecule has 0 radical (unpaired) electrons. The second kappa shape index (κ2) is 6.70. The van der Waals surface area contributed by atoms with Crippen LogP contribution in [0.5, 0.6) is 0 Å². The Morgan fingerprint density at radius 1 is 0.964 bits per heavy atom. The lowest BCUT2D eigenvalue weighted by Gasteiger charge is -2.11. The van der Waals surface area contributed by atoms with Crippen LogP contribution < -0.4 is 5.73 Å². The molecule has 0 aliphatic carbocycles. The van der Waals surface area contributed by atoms with Crippen LogP contribution in [0.15, 0.2) is 60.9 Å². The standard InChI is InChI=1S/C20H12F3N5/c21-20(22,23)17-10-16(14-4-2-1-3-5-14)27-19-15(12-26-28(17)19)8-6-13-7-9-18(24)25-11-13/h1-5,7,9-12H,(H2,24,25). The third-order valence-electron chi connectivity index (χ3n) is 3.96. The second-order valence-electron chi connectivity index (χ2n) is 5.91. The number of alkyl halides is 3. The molecule has 28 heavy (non-hydrogen) atoms. The van der Waals surface area contributed by atoms with Gasteiger partial charge in [0.2, 0.25) is 0 Å². The molecular weight excluding hydrogens is 367 g/mol. The summed E-state index contributed by atoms with van der Waals surface area (Å²) in [5, 5.41) is 3.84. The largest absolute Gasteiger partial charge is 0.433 e. The van der Waals surface area contributed by atoms with Crippen molar-refractivity contribution in [3.63, 3.8) is 0 Å². The number of anilines is 1. The molecule has 0 fully saturated rings. The zero-order valence-electron chi connectivity index (χ0n) is 14.3. The van der Waals surface area contributed by atoms with Crippen molar-refractivity contribution in [2.75, 3.05) is 5.73 Å². The van der Waals surface area contributed by atoms with Gasteiger partial charge in [-0.1, -0.05) is 42.2 Å². The molecule has 4 rings (SSSR count). The molecule has 138 valence electrons. The van der Waals surface area contributed by atoms with Gasteiger partial charge < -0.3 is 5.73 Å². The van der Waals surface area contributed by atoms with E-state index in [9.17, 15) is 13.2 Å². The zero-order chi connectivity index (χ0) is 19.7. The molecule has 0 amide bonds. The molecule has 1 aromatic carbocycles. The van der Waals surface area contributed by atoms with Crippen molar-refractivity contribution in [1.29, 1.82) is 0 Å². The molecule has 0 aliphatic rings. The van der Waals surface area contributed by atoms with E-state index in [1.54, 1.807) is 42.5 Å². The van der Waals surface area contributed by atoms with Crippen molar-refractivity contribution in [3.8, 4) is 23.1 Å². The molecule has 0 spiro atoms. The molecule has 5 nitrogen and oxygen atoms in total. The van der Waals surface area contributed by atoms with Crippen LogP contribution >= 0.6 is 0 Å². The lowest BCUT2D eigenvalue weighted by molar-refractivity contribution is -0.142. The lowest BCUT2D eigenvalue weighted by Crippen LogP contribution is -2.13. The molecule has 0 saturated carbocycles. The number of nitrogen functional groups attached to an aromatic ring is 1. The first-order valence-electron chi connectivity index (χ1n) is 8.17. The van der Waals surface area contributed by atoms with Gasteiger partial charge in [0, 0.05) is 17.3 Å². The van der Waals surface area contributed by atoms with Crippen molar-refractivity contribution in [2.45, 2.75) is 6.18 Å². The number of benzene rings is 1. The number of aromatic nitrogens is 4. The number of nitrogens with zero attached hydrogens (tertiary/aromatic N) is 4. The number of pyridine rings is 1. The topological polar surface area (TPSA) is 69.1 Å². The molecule has 3 aromatic heterocycles. The van der Waals surface area contributed by atoms with Gasteiger partial charge in [0.05, 0.1) is 17.5 Å². The SMILES string of the molecule is Nc1ccc(C#Cc2cnn3c(C(F)(F)F)cc(-c4ccccc4)nc23)cn1. The Kier molecular flexibility index (Phi) is 4.20. The third kappa shape index (κ3) is 3.38. The van der Waals surface area contributed by atoms with Crippen LogP contribution in [-0.2, 0) is 6.18 Å². The minimum atomic E-state index is -4.59. The Balaban J connectivity index is 1.89. The molecule has 0 bridgehead atoms. The molecule has 0 atom stereocenters. The summed E-state index contributed by atoms with van der Waals surface area (Å²) in [7, 11) is 0. The van der Waals surface area contributed by atoms with Gasteiger partial charge in [0.1, 0.15) is 5.82 Å². The number of hydrogen-bond donors (Lipinski definition) is 1. The summed E-state index contributed by atoms with van der Waals surface area (Å²) in [5.74, 6) is 6.01. The van der Waals surface area contributed by atoms with E-state index in [0.29, 0.717) is 16.9 Å². The highest BCUT2D eigenvalue weighted by molar-refractivity contribution is 5.66. The maximum atomic E-state index is 13.6. The van der Waals surface area contributed by atoms with Crippen molar-refractivity contribution < 1.29 is 13.2 Å². The molecule has 0 saturated heterocycles. The van der Waals surface area contributed by atoms with Crippen LogP contribution in [0.25, 0.3) is 16.9 Å². The molecule has 0 unspecified atom stereocenters. The highest BCUT2D eigenvalue weighted by Gasteiger charge is 2.35. The van der Waals surface area contributed by atoms with E-state index < -0.39 is 11.9 Å². The number of hydrogen-bond acceptors (Lipinski definition) is 4. The average molecular weight is 379 g/mol. The first-order valence-corrected chi connectivity index (χ1v) is 8.17. The Bertz CT molecular complexity index is 1200. The Hall–Kier alpha value is -3.86. The fourth-order valence-electron chi connectivity index (χ4n) is 2.63. The summed E-state index contributed by atoms with van der Waals surface area (Å²) < 4.78 is 41.5. The quantitative estimate of drug-likeness (QED) is 0.511. The summed E-state index contributed by atoms with van der Waals surface area (Å²) in [6.45, 7) is 0. The maximum Gasteiger partial charge on any atom is 0.433 e. The van der Waals surface area contributed by atoms with Crippen LogP contribution in [0.3, 0.4) is 0 Å². The molecule has 4 aromatic rings. The minimum absolute atomic E-state index is 0.0320. The molecule has 3 heterocycles. The number of rotatable bonds is 1. The van der Waals surface area contributed by atoms with Crippen LogP contribution in [0.4, 0.5) is 19.0 Å². The van der Waals surface area contributed by atoms with Crippen molar-refractivity contribution in [3.05, 3.63) is 77.7 Å². The fourth-order valence-corrected chi connectivity index (χ4v) is 2.63. The highest BCUT2D eigenvalue weighted by Crippen LogP contribution is 2.32. The van der Waals surface area contributed by atoms with Crippen LogP contribution in [-0.4, -0.2) is 19.6 Å². The molecule has 2 N–H and O–H groups in total. The van der Waals surface area contributed by atoms with Gasteiger partial charge in [-0.3, -0.25) is 0 Å². The predicted octanol–water partition coefficient (Wildman–Crippen LogP) is 3.79. The summed E-state index contributed by atoms with van der Waals surface area (Å²) in [6.07, 6.45) is -1.84. The fraction of sp³-hybridized carbons (Fsp3) is 0.0500. The lowest BCUT2D eigenvalue weighted by atomic mass is 10.1. The normalized spacial score (nSPS) is 11.2. The van der Waals surface area contributed by atoms with E-state index in [-0.39, 0.29) is 16.9 Å². The number of fused-ring (bicyclic) bond motifs is 1. The van der Waals surface area contributed by atoms with Gasteiger partial charge in [-0.25, -0.2) is 14.5 Å². The van der Waals surface area contributed by atoms with Gasteiger partial charge in [0.25, 0.3) is 0 Å². The van der Waals surface area contributed by atoms with Gasteiger partial charge in [-0.05, 0) is 18.2 Å². The molecular formula is C20H12F3N5. The summed E-state index contributed by atoms with van der Waals surface area (Å²) in [6, 6.07) is 12.9. The zero-order valence-corrected chi connectivity index (χ0v) is 14.3. The first-order chi connectivity index (χ1) is 13.4. The molecule has 0 aliphatic heterocycles. The van der Waals surface area contributed by atoms with Crippen molar-refractivity contribution in [2.24, 2.45) is 0 Å². The van der Waals surface area contributed by atoms with Crippen LogP contribution in [0, 0.1) is 11.8 Å².